The van der Waals surface area contributed by atoms with Gasteiger partial charge >= 0.3 is 6.03 Å². The van der Waals surface area contributed by atoms with Crippen molar-refractivity contribution in [3.8, 4) is 11.5 Å². The van der Waals surface area contributed by atoms with Crippen molar-refractivity contribution in [2.75, 3.05) is 10.6 Å². The number of nitrogens with two attached hydrogens (primary N) is 1. The maximum absolute atomic E-state index is 12.3. The Bertz CT molecular complexity index is 1020. The van der Waals surface area contributed by atoms with E-state index in [0.717, 1.165) is 5.56 Å². The molecule has 9 heteroatoms. The van der Waals surface area contributed by atoms with Crippen LogP contribution in [0, 0.1) is 6.92 Å². The molecule has 8 nitrogen and oxygen atoms in total. The van der Waals surface area contributed by atoms with Crippen LogP contribution in [-0.2, 0) is 11.3 Å². The third-order valence-electron chi connectivity index (χ3n) is 3.61. The summed E-state index contributed by atoms with van der Waals surface area (Å²) in [5.74, 6) is 0.804. The first kappa shape index (κ1) is 19.2. The fourth-order valence-electron chi connectivity index (χ4n) is 2.44. The zero-order valence-corrected chi connectivity index (χ0v) is 15.7. The molecule has 0 spiro atoms. The smallest absolute Gasteiger partial charge is 0.325 e. The predicted molar refractivity (Wildman–Crippen MR) is 107 cm³/mol. The van der Waals surface area contributed by atoms with Gasteiger partial charge in [-0.2, -0.15) is 5.10 Å². The third-order valence-corrected chi connectivity index (χ3v) is 3.84. The Hall–Kier alpha value is -3.52. The van der Waals surface area contributed by atoms with E-state index >= 15 is 0 Å². The van der Waals surface area contributed by atoms with Gasteiger partial charge in [-0.1, -0.05) is 23.7 Å². The van der Waals surface area contributed by atoms with Crippen LogP contribution in [0.25, 0.3) is 0 Å². The second-order valence-electron chi connectivity index (χ2n) is 6.00. The number of amides is 3. The fraction of sp³-hybridized carbons (Fsp3) is 0.105. The van der Waals surface area contributed by atoms with E-state index in [0.29, 0.717) is 22.2 Å². The lowest BCUT2D eigenvalue weighted by Gasteiger charge is -2.13. The van der Waals surface area contributed by atoms with E-state index in [-0.39, 0.29) is 12.4 Å². The van der Waals surface area contributed by atoms with Crippen molar-refractivity contribution >= 4 is 35.0 Å². The van der Waals surface area contributed by atoms with Crippen molar-refractivity contribution in [1.82, 2.24) is 9.78 Å². The summed E-state index contributed by atoms with van der Waals surface area (Å²) in [6, 6.07) is 13.5. The van der Waals surface area contributed by atoms with Gasteiger partial charge in [0.25, 0.3) is 0 Å². The molecular formula is C19H18ClN5O3. The minimum Gasteiger partial charge on any atom is -0.455 e. The van der Waals surface area contributed by atoms with Gasteiger partial charge in [-0.3, -0.25) is 14.8 Å². The van der Waals surface area contributed by atoms with Gasteiger partial charge in [0.2, 0.25) is 5.91 Å². The molecule has 0 atom stereocenters. The van der Waals surface area contributed by atoms with E-state index in [4.69, 9.17) is 22.1 Å². The standard InChI is InChI=1S/C19H18ClN5O3/c1-12-3-2-4-14(9-12)28-16-6-5-13(20)10-15(16)22-19(27)23-18-7-8-25(24-18)11-17(21)26/h2-10H,11H2,1H3,(H2,21,26)(H2,22,23,24,27). The third kappa shape index (κ3) is 5.24. The van der Waals surface area contributed by atoms with E-state index in [2.05, 4.69) is 15.7 Å². The number of ether oxygens (including phenoxy) is 1. The predicted octanol–water partition coefficient (Wildman–Crippen LogP) is 3.77. The van der Waals surface area contributed by atoms with Crippen molar-refractivity contribution in [1.29, 1.82) is 0 Å². The van der Waals surface area contributed by atoms with Crippen LogP contribution in [0.3, 0.4) is 0 Å². The van der Waals surface area contributed by atoms with Gasteiger partial charge in [0.15, 0.2) is 11.6 Å². The molecule has 1 heterocycles. The monoisotopic (exact) mass is 399 g/mol. The van der Waals surface area contributed by atoms with E-state index in [1.54, 1.807) is 24.3 Å². The Kier molecular flexibility index (Phi) is 5.81. The fourth-order valence-corrected chi connectivity index (χ4v) is 2.61. The number of nitrogens with one attached hydrogen (secondary N) is 2. The SMILES string of the molecule is Cc1cccc(Oc2ccc(Cl)cc2NC(=O)Nc2ccn(CC(N)=O)n2)c1. The lowest BCUT2D eigenvalue weighted by molar-refractivity contribution is -0.118. The highest BCUT2D eigenvalue weighted by molar-refractivity contribution is 6.31. The number of aryl methyl sites for hydroxylation is 1. The van der Waals surface area contributed by atoms with Crippen molar-refractivity contribution < 1.29 is 14.3 Å². The molecule has 3 aromatic rings. The summed E-state index contributed by atoms with van der Waals surface area (Å²) in [5.41, 5.74) is 6.55. The first-order valence-corrected chi connectivity index (χ1v) is 8.71. The minimum atomic E-state index is -0.541. The summed E-state index contributed by atoms with van der Waals surface area (Å²) < 4.78 is 7.20. The molecule has 1 aromatic heterocycles. The van der Waals surface area contributed by atoms with Crippen LogP contribution in [0.1, 0.15) is 5.56 Å². The summed E-state index contributed by atoms with van der Waals surface area (Å²) >= 11 is 6.05. The summed E-state index contributed by atoms with van der Waals surface area (Å²) in [6.07, 6.45) is 1.53. The molecule has 0 bridgehead atoms. The Labute approximate surface area is 166 Å². The van der Waals surface area contributed by atoms with Gasteiger partial charge in [0, 0.05) is 17.3 Å². The largest absolute Gasteiger partial charge is 0.455 e. The van der Waals surface area contributed by atoms with Gasteiger partial charge < -0.3 is 15.8 Å². The molecule has 0 aliphatic carbocycles. The Morgan fingerprint density at radius 1 is 1.18 bits per heavy atom. The maximum atomic E-state index is 12.3. The Morgan fingerprint density at radius 3 is 2.75 bits per heavy atom. The molecule has 144 valence electrons. The van der Waals surface area contributed by atoms with Crippen LogP contribution < -0.4 is 21.1 Å². The van der Waals surface area contributed by atoms with Crippen molar-refractivity contribution in [3.63, 3.8) is 0 Å². The summed E-state index contributed by atoms with van der Waals surface area (Å²) in [5, 5.41) is 9.73. The van der Waals surface area contributed by atoms with Crippen molar-refractivity contribution in [2.24, 2.45) is 5.73 Å². The van der Waals surface area contributed by atoms with Gasteiger partial charge in [0.05, 0.1) is 5.69 Å². The zero-order chi connectivity index (χ0) is 20.1. The number of benzene rings is 2. The molecule has 0 aliphatic heterocycles. The maximum Gasteiger partial charge on any atom is 0.325 e. The lowest BCUT2D eigenvalue weighted by atomic mass is 10.2. The van der Waals surface area contributed by atoms with E-state index in [1.807, 2.05) is 31.2 Å². The normalized spacial score (nSPS) is 10.4. The Balaban J connectivity index is 1.72. The number of primary amides is 1. The van der Waals surface area contributed by atoms with Crippen molar-refractivity contribution in [2.45, 2.75) is 13.5 Å². The summed E-state index contributed by atoms with van der Waals surface area (Å²) in [6.45, 7) is 1.88. The average molecular weight is 400 g/mol. The van der Waals surface area contributed by atoms with E-state index in [9.17, 15) is 9.59 Å². The molecule has 0 aliphatic rings. The second kappa shape index (κ2) is 8.45. The molecule has 0 unspecified atom stereocenters. The average Bonchev–Trinajstić information content (AvgIpc) is 3.03. The van der Waals surface area contributed by atoms with Crippen molar-refractivity contribution in [3.05, 3.63) is 65.3 Å². The highest BCUT2D eigenvalue weighted by Gasteiger charge is 2.12. The lowest BCUT2D eigenvalue weighted by Crippen LogP contribution is -2.21. The van der Waals surface area contributed by atoms with E-state index < -0.39 is 11.9 Å². The molecule has 0 fully saturated rings. The first-order chi connectivity index (χ1) is 13.4. The summed E-state index contributed by atoms with van der Waals surface area (Å²) in [4.78, 5) is 23.2. The number of carbonyl (C=O) groups is 2. The zero-order valence-electron chi connectivity index (χ0n) is 15.0. The second-order valence-corrected chi connectivity index (χ2v) is 6.44. The molecule has 0 saturated carbocycles. The van der Waals surface area contributed by atoms with Gasteiger partial charge in [-0.25, -0.2) is 4.79 Å². The number of halogens is 1. The highest BCUT2D eigenvalue weighted by atomic mass is 35.5. The van der Waals surface area contributed by atoms with Gasteiger partial charge in [-0.05, 0) is 42.8 Å². The van der Waals surface area contributed by atoms with Crippen LogP contribution in [0.2, 0.25) is 5.02 Å². The molecule has 3 amide bonds. The van der Waals surface area contributed by atoms with Crippen LogP contribution in [0.15, 0.2) is 54.7 Å². The first-order valence-electron chi connectivity index (χ1n) is 8.33. The quantitative estimate of drug-likeness (QED) is 0.585. The molecule has 0 radical (unpaired) electrons. The molecule has 3 rings (SSSR count). The van der Waals surface area contributed by atoms with Crippen LogP contribution >= 0.6 is 11.6 Å². The number of carbonyl (C=O) groups excluding carboxylic acids is 2. The summed E-state index contributed by atoms with van der Waals surface area (Å²) in [7, 11) is 0. The molecule has 0 saturated heterocycles. The number of rotatable bonds is 6. The molecule has 28 heavy (non-hydrogen) atoms. The number of aromatic nitrogens is 2. The topological polar surface area (TPSA) is 111 Å². The number of hydrogen-bond donors (Lipinski definition) is 3. The molecule has 2 aromatic carbocycles. The minimum absolute atomic E-state index is 0.0773. The van der Waals surface area contributed by atoms with Gasteiger partial charge in [0.1, 0.15) is 12.3 Å². The Morgan fingerprint density at radius 2 is 2.00 bits per heavy atom. The van der Waals surface area contributed by atoms with Gasteiger partial charge in [-0.15, -0.1) is 0 Å². The van der Waals surface area contributed by atoms with Crippen LogP contribution in [0.4, 0.5) is 16.3 Å². The van der Waals surface area contributed by atoms with Crippen LogP contribution in [0.5, 0.6) is 11.5 Å². The molecule has 4 N–H and O–H groups in total. The van der Waals surface area contributed by atoms with E-state index in [1.165, 1.54) is 10.9 Å². The number of anilines is 2. The molecular weight excluding hydrogens is 382 g/mol. The highest BCUT2D eigenvalue weighted by Crippen LogP contribution is 2.32. The number of hydrogen-bond acceptors (Lipinski definition) is 4. The number of nitrogens with zero attached hydrogens (tertiary/aromatic N) is 2. The van der Waals surface area contributed by atoms with Crippen LogP contribution in [-0.4, -0.2) is 21.7 Å². The number of urea groups is 1.